The first-order valence-electron chi connectivity index (χ1n) is 9.80. The van der Waals surface area contributed by atoms with Gasteiger partial charge < -0.3 is 9.88 Å². The van der Waals surface area contributed by atoms with Gasteiger partial charge in [-0.05, 0) is 36.1 Å². The Hall–Kier alpha value is -3.73. The summed E-state index contributed by atoms with van der Waals surface area (Å²) in [5.74, 6) is 1.49. The maximum Gasteiger partial charge on any atom is 0.134 e. The van der Waals surface area contributed by atoms with Crippen LogP contribution in [0.5, 0.6) is 0 Å². The van der Waals surface area contributed by atoms with E-state index in [-0.39, 0.29) is 0 Å². The number of benzene rings is 1. The van der Waals surface area contributed by atoms with E-state index in [0.717, 1.165) is 41.9 Å². The number of allylic oxidation sites excluding steroid dienone is 4. The van der Waals surface area contributed by atoms with E-state index in [9.17, 15) is 0 Å². The van der Waals surface area contributed by atoms with Crippen molar-refractivity contribution in [1.82, 2.24) is 19.5 Å². The number of nitrogens with one attached hydrogen (secondary N) is 1. The SMILES string of the molecule is C1=CC(Cn2c(-c3ccccc3)cc3cnc(Nc4ccncn4)cc32)=CCC1. The standard InChI is InChI=1S/C24H21N5/c1-3-7-18(8-4-1)16-29-21(19-9-5-2-6-10-19)13-20-15-26-24(14-22(20)29)28-23-11-12-25-17-27-23/h2-3,5-15,17H,1,4,16H2,(H,25,26,27,28). The lowest BCUT2D eigenvalue weighted by atomic mass is 10.1. The Morgan fingerprint density at radius 2 is 1.90 bits per heavy atom. The van der Waals surface area contributed by atoms with Crippen molar-refractivity contribution in [2.24, 2.45) is 0 Å². The largest absolute Gasteiger partial charge is 0.336 e. The van der Waals surface area contributed by atoms with E-state index in [0.29, 0.717) is 0 Å². The molecule has 5 nitrogen and oxygen atoms in total. The first kappa shape index (κ1) is 17.4. The van der Waals surface area contributed by atoms with Crippen LogP contribution in [0.2, 0.25) is 0 Å². The molecule has 1 aliphatic rings. The minimum atomic E-state index is 0.728. The Bertz CT molecular complexity index is 1190. The third kappa shape index (κ3) is 3.67. The molecule has 0 bridgehead atoms. The van der Waals surface area contributed by atoms with E-state index in [4.69, 9.17) is 0 Å². The third-order valence-electron chi connectivity index (χ3n) is 5.11. The van der Waals surface area contributed by atoms with E-state index in [1.165, 1.54) is 23.2 Å². The van der Waals surface area contributed by atoms with Crippen LogP contribution < -0.4 is 5.32 Å². The van der Waals surface area contributed by atoms with Gasteiger partial charge >= 0.3 is 0 Å². The minimum absolute atomic E-state index is 0.728. The number of nitrogens with zero attached hydrogens (tertiary/aromatic N) is 4. The van der Waals surface area contributed by atoms with Crippen molar-refractivity contribution in [2.45, 2.75) is 19.4 Å². The summed E-state index contributed by atoms with van der Waals surface area (Å²) in [7, 11) is 0. The number of hydrogen-bond donors (Lipinski definition) is 1. The second-order valence-corrected chi connectivity index (χ2v) is 7.09. The highest BCUT2D eigenvalue weighted by Gasteiger charge is 2.13. The zero-order valence-corrected chi connectivity index (χ0v) is 16.0. The van der Waals surface area contributed by atoms with Crippen LogP contribution in [0, 0.1) is 0 Å². The van der Waals surface area contributed by atoms with Gasteiger partial charge in [-0.25, -0.2) is 15.0 Å². The molecule has 0 saturated heterocycles. The number of anilines is 2. The highest BCUT2D eigenvalue weighted by Crippen LogP contribution is 2.31. The summed E-state index contributed by atoms with van der Waals surface area (Å²) >= 11 is 0. The second kappa shape index (κ2) is 7.72. The van der Waals surface area contributed by atoms with Crippen molar-refractivity contribution in [2.75, 3.05) is 5.32 Å². The molecular formula is C24H21N5. The maximum absolute atomic E-state index is 4.58. The molecule has 29 heavy (non-hydrogen) atoms. The summed E-state index contributed by atoms with van der Waals surface area (Å²) in [5, 5.41) is 4.39. The van der Waals surface area contributed by atoms with Gasteiger partial charge in [0.15, 0.2) is 0 Å². The van der Waals surface area contributed by atoms with Gasteiger partial charge in [0.25, 0.3) is 0 Å². The zero-order valence-electron chi connectivity index (χ0n) is 16.0. The van der Waals surface area contributed by atoms with E-state index < -0.39 is 0 Å². The fourth-order valence-corrected chi connectivity index (χ4v) is 3.71. The Labute approximate surface area is 169 Å². The van der Waals surface area contributed by atoms with Gasteiger partial charge in [-0.3, -0.25) is 0 Å². The van der Waals surface area contributed by atoms with Gasteiger partial charge in [0.2, 0.25) is 0 Å². The average molecular weight is 379 g/mol. The van der Waals surface area contributed by atoms with Crippen molar-refractivity contribution in [3.05, 3.63) is 91.1 Å². The molecule has 3 aromatic heterocycles. The normalized spacial score (nSPS) is 13.4. The molecule has 0 radical (unpaired) electrons. The maximum atomic E-state index is 4.58. The van der Waals surface area contributed by atoms with Crippen LogP contribution >= 0.6 is 0 Å². The predicted octanol–water partition coefficient (Wildman–Crippen LogP) is 5.51. The molecule has 4 aromatic rings. The highest BCUT2D eigenvalue weighted by atomic mass is 15.1. The lowest BCUT2D eigenvalue weighted by molar-refractivity contribution is 0.826. The lowest BCUT2D eigenvalue weighted by Crippen LogP contribution is -2.04. The van der Waals surface area contributed by atoms with Gasteiger partial charge in [-0.2, -0.15) is 0 Å². The summed E-state index contributed by atoms with van der Waals surface area (Å²) in [4.78, 5) is 12.8. The van der Waals surface area contributed by atoms with Crippen molar-refractivity contribution in [3.8, 4) is 11.3 Å². The smallest absolute Gasteiger partial charge is 0.134 e. The lowest BCUT2D eigenvalue weighted by Gasteiger charge is -2.14. The molecule has 0 aliphatic heterocycles. The number of aromatic nitrogens is 4. The molecule has 0 spiro atoms. The summed E-state index contributed by atoms with van der Waals surface area (Å²) in [5.41, 5.74) is 4.89. The first-order valence-corrected chi connectivity index (χ1v) is 9.80. The van der Waals surface area contributed by atoms with E-state index in [1.54, 1.807) is 6.20 Å². The molecule has 1 N–H and O–H groups in total. The first-order chi connectivity index (χ1) is 14.4. The molecule has 0 unspecified atom stereocenters. The summed E-state index contributed by atoms with van der Waals surface area (Å²) in [6.07, 6.45) is 14.2. The minimum Gasteiger partial charge on any atom is -0.336 e. The summed E-state index contributed by atoms with van der Waals surface area (Å²) < 4.78 is 2.37. The Balaban J connectivity index is 1.61. The molecule has 5 rings (SSSR count). The van der Waals surface area contributed by atoms with Crippen LogP contribution in [-0.2, 0) is 6.54 Å². The van der Waals surface area contributed by atoms with Gasteiger partial charge in [0.05, 0.1) is 5.52 Å². The summed E-state index contributed by atoms with van der Waals surface area (Å²) in [6.45, 7) is 0.835. The molecule has 0 fully saturated rings. The number of rotatable bonds is 5. The number of fused-ring (bicyclic) bond motifs is 1. The van der Waals surface area contributed by atoms with Crippen molar-refractivity contribution < 1.29 is 0 Å². The molecule has 1 aliphatic carbocycles. The number of hydrogen-bond acceptors (Lipinski definition) is 4. The monoisotopic (exact) mass is 379 g/mol. The third-order valence-corrected chi connectivity index (χ3v) is 5.11. The van der Waals surface area contributed by atoms with Crippen molar-refractivity contribution in [3.63, 3.8) is 0 Å². The molecule has 0 amide bonds. The number of pyridine rings is 1. The quantitative estimate of drug-likeness (QED) is 0.496. The van der Waals surface area contributed by atoms with E-state index in [2.05, 4.69) is 79.5 Å². The van der Waals surface area contributed by atoms with Crippen molar-refractivity contribution in [1.29, 1.82) is 0 Å². The van der Waals surface area contributed by atoms with Crippen LogP contribution in [0.3, 0.4) is 0 Å². The fourth-order valence-electron chi connectivity index (χ4n) is 3.71. The average Bonchev–Trinajstić information content (AvgIpc) is 3.13. The molecule has 0 saturated carbocycles. The molecular weight excluding hydrogens is 358 g/mol. The van der Waals surface area contributed by atoms with Gasteiger partial charge in [-0.1, -0.05) is 48.6 Å². The van der Waals surface area contributed by atoms with Gasteiger partial charge in [0.1, 0.15) is 18.0 Å². The molecule has 142 valence electrons. The van der Waals surface area contributed by atoms with E-state index >= 15 is 0 Å². The molecule has 0 atom stereocenters. The molecule has 3 heterocycles. The van der Waals surface area contributed by atoms with Crippen LogP contribution in [0.15, 0.2) is 91.1 Å². The van der Waals surface area contributed by atoms with Crippen molar-refractivity contribution >= 4 is 22.5 Å². The second-order valence-electron chi connectivity index (χ2n) is 7.09. The summed E-state index contributed by atoms with van der Waals surface area (Å²) in [6, 6.07) is 16.7. The molecule has 5 heteroatoms. The zero-order chi connectivity index (χ0) is 19.5. The molecule has 1 aromatic carbocycles. The van der Waals surface area contributed by atoms with Crippen LogP contribution in [0.1, 0.15) is 12.8 Å². The topological polar surface area (TPSA) is 55.6 Å². The van der Waals surface area contributed by atoms with Crippen LogP contribution in [0.4, 0.5) is 11.6 Å². The van der Waals surface area contributed by atoms with Gasteiger partial charge in [0, 0.05) is 36.1 Å². The van der Waals surface area contributed by atoms with Crippen LogP contribution in [-0.4, -0.2) is 19.5 Å². The van der Waals surface area contributed by atoms with E-state index in [1.807, 2.05) is 18.3 Å². The Morgan fingerprint density at radius 1 is 0.966 bits per heavy atom. The highest BCUT2D eigenvalue weighted by molar-refractivity contribution is 5.88. The Morgan fingerprint density at radius 3 is 2.69 bits per heavy atom. The Kier molecular flexibility index (Phi) is 4.62. The fraction of sp³-hybridized carbons (Fsp3) is 0.125. The predicted molar refractivity (Wildman–Crippen MR) is 117 cm³/mol. The van der Waals surface area contributed by atoms with Gasteiger partial charge in [-0.15, -0.1) is 0 Å². The van der Waals surface area contributed by atoms with Crippen LogP contribution in [0.25, 0.3) is 22.2 Å².